The maximum absolute atomic E-state index is 12.4. The summed E-state index contributed by atoms with van der Waals surface area (Å²) in [6.07, 6.45) is 5.83. The summed E-state index contributed by atoms with van der Waals surface area (Å²) >= 11 is 12.7. The highest BCUT2D eigenvalue weighted by molar-refractivity contribution is 6.45. The minimum absolute atomic E-state index is 0.106. The molecule has 1 saturated heterocycles. The minimum Gasteiger partial charge on any atom is -0.467 e. The van der Waals surface area contributed by atoms with Crippen molar-refractivity contribution in [1.82, 2.24) is 14.5 Å². The van der Waals surface area contributed by atoms with Crippen LogP contribution in [0.2, 0.25) is 10.0 Å². The topological polar surface area (TPSA) is 80.5 Å². The molecule has 7 nitrogen and oxygen atoms in total. The summed E-state index contributed by atoms with van der Waals surface area (Å²) in [7, 11) is 1.34. The Morgan fingerprint density at radius 1 is 1.39 bits per heavy atom. The summed E-state index contributed by atoms with van der Waals surface area (Å²) in [5.74, 6) is -0.0667. The second-order valence-electron chi connectivity index (χ2n) is 6.62. The van der Waals surface area contributed by atoms with E-state index in [1.165, 1.54) is 7.11 Å². The highest BCUT2D eigenvalue weighted by Gasteiger charge is 2.40. The average Bonchev–Trinajstić information content (AvgIpc) is 3.39. The number of hydrogen-bond donors (Lipinski definition) is 1. The van der Waals surface area contributed by atoms with Crippen LogP contribution in [-0.2, 0) is 9.53 Å². The Kier molecular flexibility index (Phi) is 5.14. The molecule has 0 saturated carbocycles. The van der Waals surface area contributed by atoms with Crippen LogP contribution in [0.5, 0.6) is 0 Å². The molecule has 2 atom stereocenters. The van der Waals surface area contributed by atoms with Gasteiger partial charge in [0.1, 0.15) is 11.9 Å². The number of carbonyl (C=O) groups is 1. The molecule has 4 rings (SSSR count). The maximum atomic E-state index is 12.4. The summed E-state index contributed by atoms with van der Waals surface area (Å²) < 4.78 is 6.82. The highest BCUT2D eigenvalue weighted by atomic mass is 35.5. The Morgan fingerprint density at radius 2 is 2.21 bits per heavy atom. The number of methoxy groups -OCH3 is 1. The van der Waals surface area contributed by atoms with Crippen LogP contribution in [-0.4, -0.2) is 51.9 Å². The van der Waals surface area contributed by atoms with Crippen LogP contribution < -0.4 is 4.90 Å². The third-order valence-corrected chi connectivity index (χ3v) is 5.91. The molecule has 3 aromatic rings. The second-order valence-corrected chi connectivity index (χ2v) is 7.40. The lowest BCUT2D eigenvalue weighted by Crippen LogP contribution is -2.42. The van der Waals surface area contributed by atoms with E-state index in [1.807, 2.05) is 27.8 Å². The smallest absolute Gasteiger partial charge is 0.328 e. The lowest BCUT2D eigenvalue weighted by atomic mass is 10.0. The number of esters is 1. The first-order valence-corrected chi connectivity index (χ1v) is 9.53. The molecule has 0 spiro atoms. The minimum atomic E-state index is -0.617. The van der Waals surface area contributed by atoms with Gasteiger partial charge in [0.25, 0.3) is 0 Å². The van der Waals surface area contributed by atoms with E-state index in [0.717, 1.165) is 11.1 Å². The molecule has 0 amide bonds. The number of pyridine rings is 1. The molecule has 0 bridgehead atoms. The van der Waals surface area contributed by atoms with Crippen LogP contribution in [0.25, 0.3) is 16.6 Å². The number of ether oxygens (including phenoxy) is 1. The largest absolute Gasteiger partial charge is 0.467 e. The van der Waals surface area contributed by atoms with Crippen molar-refractivity contribution in [2.24, 2.45) is 5.92 Å². The predicted molar refractivity (Wildman–Crippen MR) is 107 cm³/mol. The van der Waals surface area contributed by atoms with Crippen LogP contribution in [0, 0.1) is 5.92 Å². The first kappa shape index (κ1) is 19.0. The van der Waals surface area contributed by atoms with Crippen molar-refractivity contribution >= 4 is 45.9 Å². The van der Waals surface area contributed by atoms with E-state index >= 15 is 0 Å². The van der Waals surface area contributed by atoms with Gasteiger partial charge in [-0.25, -0.2) is 14.8 Å². The second kappa shape index (κ2) is 7.58. The molecule has 1 N–H and O–H groups in total. The van der Waals surface area contributed by atoms with E-state index in [1.54, 1.807) is 18.6 Å². The fourth-order valence-corrected chi connectivity index (χ4v) is 4.07. The van der Waals surface area contributed by atoms with Gasteiger partial charge < -0.3 is 19.3 Å². The zero-order valence-corrected chi connectivity index (χ0v) is 16.6. The van der Waals surface area contributed by atoms with E-state index in [9.17, 15) is 9.90 Å². The fourth-order valence-electron chi connectivity index (χ4n) is 3.71. The number of fused-ring (bicyclic) bond motifs is 1. The molecule has 0 aliphatic carbocycles. The third-order valence-electron chi connectivity index (χ3n) is 5.11. The van der Waals surface area contributed by atoms with Crippen LogP contribution >= 0.6 is 23.2 Å². The Morgan fingerprint density at radius 3 is 2.89 bits per heavy atom. The number of imidazole rings is 1. The number of aromatic nitrogens is 3. The zero-order chi connectivity index (χ0) is 19.8. The van der Waals surface area contributed by atoms with Gasteiger partial charge in [0.15, 0.2) is 0 Å². The van der Waals surface area contributed by atoms with Gasteiger partial charge in [0.05, 0.1) is 34.7 Å². The van der Waals surface area contributed by atoms with Gasteiger partial charge in [-0.05, 0) is 18.6 Å². The number of anilines is 1. The zero-order valence-electron chi connectivity index (χ0n) is 15.0. The van der Waals surface area contributed by atoms with E-state index in [4.69, 9.17) is 32.9 Å². The molecular formula is C19H18Cl2N4O3. The number of carbonyl (C=O) groups excluding carboxylic acids is 1. The van der Waals surface area contributed by atoms with Gasteiger partial charge in [0.2, 0.25) is 0 Å². The summed E-state index contributed by atoms with van der Waals surface area (Å²) in [6.45, 7) is 0.454. The Hall–Kier alpha value is -2.35. The molecule has 1 aromatic carbocycles. The van der Waals surface area contributed by atoms with Crippen molar-refractivity contribution in [1.29, 1.82) is 0 Å². The first-order chi connectivity index (χ1) is 13.5. The van der Waals surface area contributed by atoms with Crippen molar-refractivity contribution in [3.8, 4) is 5.69 Å². The number of hydrogen-bond acceptors (Lipinski definition) is 6. The predicted octanol–water partition coefficient (Wildman–Crippen LogP) is 3.09. The summed E-state index contributed by atoms with van der Waals surface area (Å²) in [4.78, 5) is 23.1. The fraction of sp³-hybridized carbons (Fsp3) is 0.316. The van der Waals surface area contributed by atoms with Gasteiger partial charge in [0, 0.05) is 42.9 Å². The van der Waals surface area contributed by atoms with E-state index in [0.29, 0.717) is 34.3 Å². The molecule has 146 valence electrons. The number of nitrogens with zero attached hydrogens (tertiary/aromatic N) is 4. The molecule has 1 aliphatic rings. The molecular weight excluding hydrogens is 403 g/mol. The van der Waals surface area contributed by atoms with Crippen LogP contribution in [0.4, 0.5) is 5.82 Å². The standard InChI is InChI=1S/C19H18Cl2N4O3/c1-28-19(27)18-11(9-26)4-6-25(18)15-8-14(24-7-5-22-10-24)12-2-3-13(20)16(21)17(12)23-15/h2-3,5,7-8,10-11,18,26H,4,6,9H2,1H3/t11?,18-/m1/s1. The van der Waals surface area contributed by atoms with Crippen LogP contribution in [0.1, 0.15) is 6.42 Å². The van der Waals surface area contributed by atoms with Gasteiger partial charge >= 0.3 is 5.97 Å². The van der Waals surface area contributed by atoms with E-state index in [2.05, 4.69) is 4.98 Å². The quantitative estimate of drug-likeness (QED) is 0.653. The van der Waals surface area contributed by atoms with E-state index < -0.39 is 12.0 Å². The summed E-state index contributed by atoms with van der Waals surface area (Å²) in [6, 6.07) is 4.84. The molecule has 1 fully saturated rings. The Labute approximate surface area is 171 Å². The SMILES string of the molecule is COC(=O)[C@H]1C(CO)CCN1c1cc(-n2ccnc2)c2ccc(Cl)c(Cl)c2n1. The lowest BCUT2D eigenvalue weighted by molar-refractivity contribution is -0.143. The van der Waals surface area contributed by atoms with Crippen molar-refractivity contribution in [3.63, 3.8) is 0 Å². The normalized spacial score (nSPS) is 19.4. The van der Waals surface area contributed by atoms with Crippen LogP contribution in [0.3, 0.4) is 0 Å². The van der Waals surface area contributed by atoms with Crippen molar-refractivity contribution in [2.75, 3.05) is 25.2 Å². The highest BCUT2D eigenvalue weighted by Crippen LogP contribution is 2.37. The Bertz CT molecular complexity index is 1030. The summed E-state index contributed by atoms with van der Waals surface area (Å²) in [5.41, 5.74) is 1.35. The molecule has 28 heavy (non-hydrogen) atoms. The molecule has 3 heterocycles. The average molecular weight is 421 g/mol. The van der Waals surface area contributed by atoms with Gasteiger partial charge in [-0.3, -0.25) is 0 Å². The van der Waals surface area contributed by atoms with E-state index in [-0.39, 0.29) is 12.5 Å². The maximum Gasteiger partial charge on any atom is 0.328 e. The Balaban J connectivity index is 1.92. The number of rotatable bonds is 4. The molecule has 9 heteroatoms. The lowest BCUT2D eigenvalue weighted by Gasteiger charge is -2.27. The van der Waals surface area contributed by atoms with Crippen molar-refractivity contribution < 1.29 is 14.6 Å². The molecule has 2 aromatic heterocycles. The van der Waals surface area contributed by atoms with Crippen molar-refractivity contribution in [2.45, 2.75) is 12.5 Å². The van der Waals surface area contributed by atoms with Gasteiger partial charge in [-0.15, -0.1) is 0 Å². The van der Waals surface area contributed by atoms with Crippen molar-refractivity contribution in [3.05, 3.63) is 47.0 Å². The number of aliphatic hydroxyl groups excluding tert-OH is 1. The monoisotopic (exact) mass is 420 g/mol. The first-order valence-electron chi connectivity index (χ1n) is 8.77. The van der Waals surface area contributed by atoms with Gasteiger partial charge in [-0.2, -0.15) is 0 Å². The van der Waals surface area contributed by atoms with Crippen LogP contribution in [0.15, 0.2) is 36.9 Å². The summed E-state index contributed by atoms with van der Waals surface area (Å²) in [5, 5.41) is 11.2. The third kappa shape index (κ3) is 3.09. The number of benzene rings is 1. The molecule has 1 unspecified atom stereocenters. The van der Waals surface area contributed by atoms with Gasteiger partial charge in [-0.1, -0.05) is 23.2 Å². The molecule has 0 radical (unpaired) electrons. The number of halogens is 2. The number of aliphatic hydroxyl groups is 1. The molecule has 1 aliphatic heterocycles.